The molecule has 4 nitrogen and oxygen atoms in total. The number of carbonyl (C=O) groups is 1. The molecule has 1 N–H and O–H groups in total. The van der Waals surface area contributed by atoms with E-state index in [0.29, 0.717) is 12.5 Å². The van der Waals surface area contributed by atoms with Gasteiger partial charge in [-0.15, -0.1) is 0 Å². The van der Waals surface area contributed by atoms with E-state index in [0.717, 1.165) is 37.1 Å². The Morgan fingerprint density at radius 1 is 1.12 bits per heavy atom. The van der Waals surface area contributed by atoms with Crippen molar-refractivity contribution in [3.63, 3.8) is 0 Å². The lowest BCUT2D eigenvalue weighted by Gasteiger charge is -2.34. The monoisotopic (exact) mass is 338 g/mol. The first-order chi connectivity index (χ1) is 12.3. The van der Waals surface area contributed by atoms with Gasteiger partial charge in [-0.25, -0.2) is 4.79 Å². The quantitative estimate of drug-likeness (QED) is 0.900. The highest BCUT2D eigenvalue weighted by atomic mass is 16.5. The number of carbonyl (C=O) groups excluding carboxylic acids is 1. The smallest absolute Gasteiger partial charge is 0.318 e. The molecule has 1 heterocycles. The second-order valence-corrected chi connectivity index (χ2v) is 6.61. The second-order valence-electron chi connectivity index (χ2n) is 6.61. The van der Waals surface area contributed by atoms with Gasteiger partial charge in [0.25, 0.3) is 0 Å². The molecule has 25 heavy (non-hydrogen) atoms. The van der Waals surface area contributed by atoms with Crippen LogP contribution in [0, 0.1) is 5.92 Å². The van der Waals surface area contributed by atoms with Gasteiger partial charge in [0.1, 0.15) is 0 Å². The number of piperidine rings is 1. The van der Waals surface area contributed by atoms with Gasteiger partial charge in [-0.1, -0.05) is 60.7 Å². The molecule has 1 unspecified atom stereocenters. The molecular formula is C21H26N2O2. The lowest BCUT2D eigenvalue weighted by atomic mass is 9.98. The molecule has 3 rings (SSSR count). The van der Waals surface area contributed by atoms with Crippen molar-refractivity contribution in [3.05, 3.63) is 71.8 Å². The molecule has 1 fully saturated rings. The third-order valence-corrected chi connectivity index (χ3v) is 4.74. The van der Waals surface area contributed by atoms with E-state index in [9.17, 15) is 4.79 Å². The number of amides is 2. The van der Waals surface area contributed by atoms with Gasteiger partial charge in [0, 0.05) is 26.1 Å². The van der Waals surface area contributed by atoms with Crippen molar-refractivity contribution in [1.29, 1.82) is 0 Å². The molecule has 2 aromatic rings. The molecule has 2 aromatic carbocycles. The zero-order valence-electron chi connectivity index (χ0n) is 14.7. The fourth-order valence-corrected chi connectivity index (χ4v) is 3.49. The molecule has 4 heteroatoms. The van der Waals surface area contributed by atoms with Gasteiger partial charge < -0.3 is 15.0 Å². The summed E-state index contributed by atoms with van der Waals surface area (Å²) in [4.78, 5) is 14.8. The number of nitrogens with one attached hydrogen (secondary N) is 1. The number of methoxy groups -OCH3 is 1. The molecule has 0 aliphatic carbocycles. The largest absolute Gasteiger partial charge is 0.384 e. The average Bonchev–Trinajstić information content (AvgIpc) is 2.68. The maximum atomic E-state index is 12.9. The van der Waals surface area contributed by atoms with Gasteiger partial charge >= 0.3 is 6.03 Å². The number of ether oxygens (including phenoxy) is 1. The third-order valence-electron chi connectivity index (χ3n) is 4.74. The molecule has 0 aromatic heterocycles. The van der Waals surface area contributed by atoms with E-state index in [1.807, 2.05) is 41.3 Å². The van der Waals surface area contributed by atoms with Crippen molar-refractivity contribution in [2.24, 2.45) is 5.92 Å². The van der Waals surface area contributed by atoms with Crippen molar-refractivity contribution in [3.8, 4) is 0 Å². The molecule has 1 atom stereocenters. The first-order valence-electron chi connectivity index (χ1n) is 8.92. The number of likely N-dealkylation sites (tertiary alicyclic amines) is 1. The fraction of sp³-hybridized carbons (Fsp3) is 0.381. The number of hydrogen-bond donors (Lipinski definition) is 1. The van der Waals surface area contributed by atoms with Crippen molar-refractivity contribution in [1.82, 2.24) is 10.2 Å². The highest BCUT2D eigenvalue weighted by Crippen LogP contribution is 2.23. The van der Waals surface area contributed by atoms with Crippen LogP contribution >= 0.6 is 0 Å². The Bertz CT molecular complexity index is 619. The maximum Gasteiger partial charge on any atom is 0.318 e. The van der Waals surface area contributed by atoms with Crippen LogP contribution in [0.15, 0.2) is 60.7 Å². The first-order valence-corrected chi connectivity index (χ1v) is 8.92. The standard InChI is InChI=1S/C21H26N2O2/c1-25-16-17-9-8-14-23(15-17)21(24)22-20(18-10-4-2-5-11-18)19-12-6-3-7-13-19/h2-7,10-13,17,20H,8-9,14-16H2,1H3,(H,22,24). The number of benzene rings is 2. The summed E-state index contributed by atoms with van der Waals surface area (Å²) in [5, 5.41) is 3.23. The zero-order valence-corrected chi connectivity index (χ0v) is 14.7. The van der Waals surface area contributed by atoms with Gasteiger partial charge in [0.2, 0.25) is 0 Å². The molecule has 0 spiro atoms. The van der Waals surface area contributed by atoms with Crippen LogP contribution in [0.3, 0.4) is 0 Å². The SMILES string of the molecule is COCC1CCCN(C(=O)NC(c2ccccc2)c2ccccc2)C1. The summed E-state index contributed by atoms with van der Waals surface area (Å²) in [6.45, 7) is 2.28. The van der Waals surface area contributed by atoms with Crippen molar-refractivity contribution >= 4 is 6.03 Å². The third kappa shape index (κ3) is 4.60. The average molecular weight is 338 g/mol. The Labute approximate surface area is 149 Å². The van der Waals surface area contributed by atoms with E-state index in [2.05, 4.69) is 29.6 Å². The number of rotatable bonds is 5. The summed E-state index contributed by atoms with van der Waals surface area (Å²) in [7, 11) is 1.72. The van der Waals surface area contributed by atoms with E-state index in [1.165, 1.54) is 0 Å². The zero-order chi connectivity index (χ0) is 17.5. The van der Waals surface area contributed by atoms with Crippen LogP contribution in [0.5, 0.6) is 0 Å². The van der Waals surface area contributed by atoms with Crippen LogP contribution in [0.1, 0.15) is 30.0 Å². The summed E-state index contributed by atoms with van der Waals surface area (Å²) < 4.78 is 5.27. The number of hydrogen-bond acceptors (Lipinski definition) is 2. The summed E-state index contributed by atoms with van der Waals surface area (Å²) in [6.07, 6.45) is 2.15. The second kappa shape index (κ2) is 8.67. The fourth-order valence-electron chi connectivity index (χ4n) is 3.49. The van der Waals surface area contributed by atoms with Crippen LogP contribution in [0.25, 0.3) is 0 Å². The minimum absolute atomic E-state index is 0.00138. The van der Waals surface area contributed by atoms with Gasteiger partial charge in [0.15, 0.2) is 0 Å². The van der Waals surface area contributed by atoms with Crippen LogP contribution in [0.4, 0.5) is 4.79 Å². The van der Waals surface area contributed by atoms with Crippen molar-refractivity contribution in [2.45, 2.75) is 18.9 Å². The lowest BCUT2D eigenvalue weighted by Crippen LogP contribution is -2.47. The molecule has 2 amide bonds. The van der Waals surface area contributed by atoms with Crippen molar-refractivity contribution in [2.75, 3.05) is 26.8 Å². The van der Waals surface area contributed by atoms with Gasteiger partial charge in [0.05, 0.1) is 12.6 Å². The molecule has 1 aliphatic rings. The lowest BCUT2D eigenvalue weighted by molar-refractivity contribution is 0.0999. The Balaban J connectivity index is 1.75. The van der Waals surface area contributed by atoms with Crippen LogP contribution in [0.2, 0.25) is 0 Å². The Morgan fingerprint density at radius 3 is 2.28 bits per heavy atom. The van der Waals surface area contributed by atoms with E-state index >= 15 is 0 Å². The van der Waals surface area contributed by atoms with Crippen LogP contribution in [-0.2, 0) is 4.74 Å². The van der Waals surface area contributed by atoms with Crippen LogP contribution < -0.4 is 5.32 Å². The van der Waals surface area contributed by atoms with E-state index < -0.39 is 0 Å². The van der Waals surface area contributed by atoms with Gasteiger partial charge in [-0.2, -0.15) is 0 Å². The molecule has 0 radical (unpaired) electrons. The minimum atomic E-state index is -0.141. The van der Waals surface area contributed by atoms with Crippen LogP contribution in [-0.4, -0.2) is 37.7 Å². The van der Waals surface area contributed by atoms with E-state index in [1.54, 1.807) is 7.11 Å². The van der Waals surface area contributed by atoms with E-state index in [-0.39, 0.29) is 12.1 Å². The molecule has 0 saturated carbocycles. The van der Waals surface area contributed by atoms with E-state index in [4.69, 9.17) is 4.74 Å². The molecule has 1 aliphatic heterocycles. The Morgan fingerprint density at radius 2 is 1.72 bits per heavy atom. The molecule has 0 bridgehead atoms. The number of urea groups is 1. The summed E-state index contributed by atoms with van der Waals surface area (Å²) in [6, 6.07) is 20.1. The Kier molecular flexibility index (Phi) is 6.07. The maximum absolute atomic E-state index is 12.9. The number of nitrogens with zero attached hydrogens (tertiary/aromatic N) is 1. The first kappa shape index (κ1) is 17.5. The molecular weight excluding hydrogens is 312 g/mol. The normalized spacial score (nSPS) is 17.5. The van der Waals surface area contributed by atoms with Gasteiger partial charge in [-0.05, 0) is 24.0 Å². The predicted octanol–water partition coefficient (Wildman–Crippen LogP) is 3.84. The predicted molar refractivity (Wildman–Crippen MR) is 99.4 cm³/mol. The minimum Gasteiger partial charge on any atom is -0.384 e. The summed E-state index contributed by atoms with van der Waals surface area (Å²) in [5.74, 6) is 0.427. The Hall–Kier alpha value is -2.33. The van der Waals surface area contributed by atoms with Crippen molar-refractivity contribution < 1.29 is 9.53 Å². The summed E-state index contributed by atoms with van der Waals surface area (Å²) >= 11 is 0. The summed E-state index contributed by atoms with van der Waals surface area (Å²) in [5.41, 5.74) is 2.18. The molecule has 132 valence electrons. The highest BCUT2D eigenvalue weighted by Gasteiger charge is 2.26. The highest BCUT2D eigenvalue weighted by molar-refractivity contribution is 5.75. The molecule has 1 saturated heterocycles. The van der Waals surface area contributed by atoms with Gasteiger partial charge in [-0.3, -0.25) is 0 Å². The topological polar surface area (TPSA) is 41.6 Å².